The van der Waals surface area contributed by atoms with Gasteiger partial charge in [0.05, 0.1) is 85.0 Å². The third-order valence-corrected chi connectivity index (χ3v) is 10.8. The number of carboxylic acids is 1. The third kappa shape index (κ3) is 5.69. The predicted octanol–water partition coefficient (Wildman–Crippen LogP) is 6.45. The Labute approximate surface area is 293 Å². The fraction of sp³-hybridized carbons (Fsp3) is 0.444. The van der Waals surface area contributed by atoms with Crippen LogP contribution < -0.4 is 14.5 Å². The molecule has 1 spiro atoms. The van der Waals surface area contributed by atoms with Gasteiger partial charge in [-0.05, 0) is 37.1 Å². The van der Waals surface area contributed by atoms with Gasteiger partial charge in [-0.25, -0.2) is 9.18 Å². The summed E-state index contributed by atoms with van der Waals surface area (Å²) in [6.45, 7) is 7.51. The van der Waals surface area contributed by atoms with Gasteiger partial charge in [0.2, 0.25) is 5.79 Å². The molecule has 2 atom stereocenters. The van der Waals surface area contributed by atoms with Gasteiger partial charge in [0.1, 0.15) is 11.6 Å². The summed E-state index contributed by atoms with van der Waals surface area (Å²) < 4.78 is 39.7. The van der Waals surface area contributed by atoms with E-state index in [1.165, 1.54) is 4.90 Å². The van der Waals surface area contributed by atoms with Crippen LogP contribution in [-0.4, -0.2) is 86.0 Å². The number of benzene rings is 3. The fourth-order valence-corrected chi connectivity index (χ4v) is 8.17. The summed E-state index contributed by atoms with van der Waals surface area (Å²) in [6, 6.07) is 11.5. The van der Waals surface area contributed by atoms with Crippen molar-refractivity contribution in [1.82, 2.24) is 4.90 Å². The van der Waals surface area contributed by atoms with E-state index in [9.17, 15) is 14.7 Å². The number of aromatic carboxylic acids is 1. The number of halogens is 3. The lowest BCUT2D eigenvalue weighted by Crippen LogP contribution is -2.68. The molecule has 5 aliphatic rings. The molecule has 5 aliphatic heterocycles. The molecule has 49 heavy (non-hydrogen) atoms. The monoisotopic (exact) mass is 711 g/mol. The van der Waals surface area contributed by atoms with Crippen LogP contribution in [0.1, 0.15) is 53.0 Å². The molecule has 4 saturated heterocycles. The van der Waals surface area contributed by atoms with Crippen molar-refractivity contribution >= 4 is 46.5 Å². The van der Waals surface area contributed by atoms with E-state index in [1.54, 1.807) is 30.3 Å². The van der Waals surface area contributed by atoms with E-state index in [2.05, 4.69) is 18.7 Å². The number of carbonyl (C=O) groups is 2. The number of hydrogen-bond acceptors (Lipinski definition) is 8. The molecule has 3 aromatic rings. The maximum Gasteiger partial charge on any atom is 0.337 e. The predicted molar refractivity (Wildman–Crippen MR) is 181 cm³/mol. The molecular formula is C36H36Cl2FN3O7. The molecule has 5 heterocycles. The van der Waals surface area contributed by atoms with Gasteiger partial charge in [-0.2, -0.15) is 0 Å². The molecule has 2 bridgehead atoms. The lowest BCUT2D eigenvalue weighted by Gasteiger charge is -2.54. The summed E-state index contributed by atoms with van der Waals surface area (Å²) in [7, 11) is 0. The number of morpholine rings is 1. The molecule has 2 unspecified atom stereocenters. The number of carbonyl (C=O) groups excluding carboxylic acids is 1. The van der Waals surface area contributed by atoms with Gasteiger partial charge in [-0.1, -0.05) is 55.2 Å². The van der Waals surface area contributed by atoms with Crippen molar-refractivity contribution in [2.45, 2.75) is 51.1 Å². The smallest absolute Gasteiger partial charge is 0.337 e. The average Bonchev–Trinajstić information content (AvgIpc) is 3.29. The number of para-hydroxylation sites is 1. The highest BCUT2D eigenvalue weighted by Gasteiger charge is 2.50. The van der Waals surface area contributed by atoms with Gasteiger partial charge < -0.3 is 38.8 Å². The number of carboxylic acid groups (broad SMARTS) is 1. The summed E-state index contributed by atoms with van der Waals surface area (Å²) >= 11 is 13.4. The first-order chi connectivity index (χ1) is 23.4. The van der Waals surface area contributed by atoms with Gasteiger partial charge in [-0.15, -0.1) is 0 Å². The molecule has 0 aliphatic carbocycles. The highest BCUT2D eigenvalue weighted by molar-refractivity contribution is 6.40. The van der Waals surface area contributed by atoms with Crippen molar-refractivity contribution in [3.63, 3.8) is 0 Å². The van der Waals surface area contributed by atoms with E-state index < -0.39 is 23.5 Å². The Kier molecular flexibility index (Phi) is 7.99. The number of hydrogen-bond donors (Lipinski definition) is 1. The second-order valence-corrected chi connectivity index (χ2v) is 15.2. The van der Waals surface area contributed by atoms with E-state index >= 15 is 4.39 Å². The van der Waals surface area contributed by atoms with Gasteiger partial charge >= 0.3 is 5.97 Å². The Morgan fingerprint density at radius 3 is 2.29 bits per heavy atom. The highest BCUT2D eigenvalue weighted by atomic mass is 35.5. The van der Waals surface area contributed by atoms with Gasteiger partial charge in [0.15, 0.2) is 6.73 Å². The lowest BCUT2D eigenvalue weighted by atomic mass is 9.93. The van der Waals surface area contributed by atoms with Crippen molar-refractivity contribution in [2.24, 2.45) is 5.41 Å². The van der Waals surface area contributed by atoms with Crippen molar-refractivity contribution in [2.75, 3.05) is 56.0 Å². The Balaban J connectivity index is 1.03. The van der Waals surface area contributed by atoms with Crippen molar-refractivity contribution < 1.29 is 38.0 Å². The second kappa shape index (κ2) is 12.0. The molecular weight excluding hydrogens is 676 g/mol. The van der Waals surface area contributed by atoms with Crippen LogP contribution in [0.2, 0.25) is 10.0 Å². The first-order valence-electron chi connectivity index (χ1n) is 16.4. The number of fused-ring (bicyclic) bond motifs is 3. The zero-order chi connectivity index (χ0) is 34.2. The quantitative estimate of drug-likeness (QED) is 0.320. The fourth-order valence-electron chi connectivity index (χ4n) is 7.53. The molecule has 0 aromatic heterocycles. The van der Waals surface area contributed by atoms with Gasteiger partial charge in [0, 0.05) is 27.8 Å². The van der Waals surface area contributed by atoms with Crippen LogP contribution in [0.25, 0.3) is 11.1 Å². The SMILES string of the molecule is CC1(C)COC2(CN(c3cc(Cl)c(C(=O)N4COc5c(cccc5-c5cc(N6C7CCC6COC7)c(C(=O)O)cc5F)C4)c(Cl)c3)C2)OC1. The first-order valence-corrected chi connectivity index (χ1v) is 17.2. The largest absolute Gasteiger partial charge is 0.478 e. The minimum atomic E-state index is -1.19. The molecule has 13 heteroatoms. The molecule has 10 nitrogen and oxygen atoms in total. The number of rotatable bonds is 5. The topological polar surface area (TPSA) is 101 Å². The summed E-state index contributed by atoms with van der Waals surface area (Å²) in [4.78, 5) is 31.6. The maximum absolute atomic E-state index is 15.7. The van der Waals surface area contributed by atoms with Crippen molar-refractivity contribution in [1.29, 1.82) is 0 Å². The van der Waals surface area contributed by atoms with Crippen LogP contribution in [0.4, 0.5) is 15.8 Å². The van der Waals surface area contributed by atoms with Crippen LogP contribution in [-0.2, 0) is 20.8 Å². The molecule has 258 valence electrons. The Bertz CT molecular complexity index is 1820. The average molecular weight is 713 g/mol. The summed E-state index contributed by atoms with van der Waals surface area (Å²) in [6.07, 6.45) is 1.75. The zero-order valence-electron chi connectivity index (χ0n) is 27.1. The van der Waals surface area contributed by atoms with Gasteiger partial charge in [-0.3, -0.25) is 4.79 Å². The second-order valence-electron chi connectivity index (χ2n) is 14.3. The van der Waals surface area contributed by atoms with E-state index in [1.807, 2.05) is 11.0 Å². The Morgan fingerprint density at radius 1 is 0.959 bits per heavy atom. The number of amides is 1. The summed E-state index contributed by atoms with van der Waals surface area (Å²) in [5, 5.41) is 10.4. The maximum atomic E-state index is 15.7. The van der Waals surface area contributed by atoms with Crippen LogP contribution in [0, 0.1) is 11.2 Å². The molecule has 1 amide bonds. The van der Waals surface area contributed by atoms with Crippen molar-refractivity contribution in [3.05, 3.63) is 75.0 Å². The normalized spacial score (nSPS) is 23.6. The van der Waals surface area contributed by atoms with Gasteiger partial charge in [0.25, 0.3) is 5.91 Å². The van der Waals surface area contributed by atoms with Crippen LogP contribution in [0.15, 0.2) is 42.5 Å². The number of nitrogens with zero attached hydrogens (tertiary/aromatic N) is 3. The molecule has 8 rings (SSSR count). The van der Waals surface area contributed by atoms with E-state index in [0.29, 0.717) is 62.1 Å². The minimum absolute atomic E-state index is 0.0264. The van der Waals surface area contributed by atoms with E-state index in [0.717, 1.165) is 24.6 Å². The van der Waals surface area contributed by atoms with E-state index in [4.69, 9.17) is 42.1 Å². The van der Waals surface area contributed by atoms with Crippen molar-refractivity contribution in [3.8, 4) is 16.9 Å². The minimum Gasteiger partial charge on any atom is -0.478 e. The Hall–Kier alpha value is -3.61. The van der Waals surface area contributed by atoms with Crippen LogP contribution in [0.3, 0.4) is 0 Å². The highest BCUT2D eigenvalue weighted by Crippen LogP contribution is 2.44. The molecule has 0 saturated carbocycles. The van der Waals surface area contributed by atoms with Crippen LogP contribution in [0.5, 0.6) is 5.75 Å². The number of ether oxygens (including phenoxy) is 4. The zero-order valence-corrected chi connectivity index (χ0v) is 28.7. The summed E-state index contributed by atoms with van der Waals surface area (Å²) in [5.74, 6) is -2.48. The van der Waals surface area contributed by atoms with Crippen LogP contribution >= 0.6 is 23.2 Å². The molecule has 3 aromatic carbocycles. The van der Waals surface area contributed by atoms with E-state index in [-0.39, 0.29) is 57.5 Å². The lowest BCUT2D eigenvalue weighted by molar-refractivity contribution is -0.307. The first kappa shape index (κ1) is 32.6. The molecule has 1 N–H and O–H groups in total. The molecule has 4 fully saturated rings. The third-order valence-electron chi connectivity index (χ3n) is 10.2. The number of anilines is 2. The Morgan fingerprint density at radius 2 is 1.63 bits per heavy atom. The molecule has 0 radical (unpaired) electrons. The summed E-state index contributed by atoms with van der Waals surface area (Å²) in [5.41, 5.74) is 2.64. The standard InChI is InChI=1S/C36H36Cl2FN3O7/c1-35(2)17-48-36(49-18-35)15-41(16-36)23-8-27(37)31(28(38)9-23)33(43)40-12-20-4-3-5-24(32(20)47-19-40)25-11-30(26(34(44)45)10-29(25)39)42-21-6-7-22(42)14-46-13-21/h3-5,8-11,21-22H,6-7,12-19H2,1-2H3,(H,44,45).